The number of alkyl halides is 2. The first-order valence-electron chi connectivity index (χ1n) is 9.84. The van der Waals surface area contributed by atoms with Crippen molar-refractivity contribution in [2.45, 2.75) is 13.5 Å². The van der Waals surface area contributed by atoms with Gasteiger partial charge in [-0.05, 0) is 37.3 Å². The molecule has 1 aromatic heterocycles. The van der Waals surface area contributed by atoms with Gasteiger partial charge in [0.2, 0.25) is 0 Å². The smallest absolute Gasteiger partial charge is 0.387 e. The molecule has 0 spiro atoms. The number of anilines is 1. The number of hydrogen-bond acceptors (Lipinski definition) is 6. The summed E-state index contributed by atoms with van der Waals surface area (Å²) in [5.41, 5.74) is 1.59. The lowest BCUT2D eigenvalue weighted by Gasteiger charge is -2.29. The lowest BCUT2D eigenvalue weighted by atomic mass is 10.1. The van der Waals surface area contributed by atoms with Gasteiger partial charge in [0.25, 0.3) is 5.91 Å². The van der Waals surface area contributed by atoms with Gasteiger partial charge >= 0.3 is 6.61 Å². The summed E-state index contributed by atoms with van der Waals surface area (Å²) in [4.78, 5) is 12.9. The van der Waals surface area contributed by atoms with Gasteiger partial charge in [-0.1, -0.05) is 40.5 Å². The second kappa shape index (κ2) is 9.47. The Bertz CT molecular complexity index is 1280. The van der Waals surface area contributed by atoms with Crippen LogP contribution in [0.4, 0.5) is 18.9 Å². The molecule has 2 aromatic carbocycles. The van der Waals surface area contributed by atoms with Crippen molar-refractivity contribution < 1.29 is 27.2 Å². The van der Waals surface area contributed by atoms with Crippen LogP contribution in [0.3, 0.4) is 0 Å². The molecule has 34 heavy (non-hydrogen) atoms. The lowest BCUT2D eigenvalue weighted by Crippen LogP contribution is -2.35. The number of halogens is 5. The SMILES string of the molecule is CC1=C(NC(=O)c2noc(-c3ccc(OC(F)F)cc3Cl)c2Cl)CN(c2ccccc2F)N1C. The summed E-state index contributed by atoms with van der Waals surface area (Å²) in [6.07, 6.45) is 0. The van der Waals surface area contributed by atoms with Crippen molar-refractivity contribution in [3.63, 3.8) is 0 Å². The fraction of sp³-hybridized carbons (Fsp3) is 0.182. The quantitative estimate of drug-likeness (QED) is 0.455. The van der Waals surface area contributed by atoms with E-state index in [-0.39, 0.29) is 39.4 Å². The predicted octanol–water partition coefficient (Wildman–Crippen LogP) is 5.72. The van der Waals surface area contributed by atoms with Crippen LogP contribution in [-0.4, -0.2) is 36.3 Å². The molecule has 0 unspecified atom stereocenters. The summed E-state index contributed by atoms with van der Waals surface area (Å²) >= 11 is 12.5. The zero-order valence-electron chi connectivity index (χ0n) is 17.8. The Morgan fingerprint density at radius 2 is 1.97 bits per heavy atom. The van der Waals surface area contributed by atoms with Gasteiger partial charge in [0.05, 0.1) is 28.6 Å². The number of carbonyl (C=O) groups excluding carboxylic acids is 1. The third-order valence-electron chi connectivity index (χ3n) is 5.25. The van der Waals surface area contributed by atoms with Crippen molar-refractivity contribution in [2.75, 3.05) is 18.6 Å². The van der Waals surface area contributed by atoms with Crippen molar-refractivity contribution in [3.8, 4) is 17.1 Å². The predicted molar refractivity (Wildman–Crippen MR) is 120 cm³/mol. The molecule has 0 radical (unpaired) electrons. The number of allylic oxidation sites excluding steroid dienone is 1. The monoisotopic (exact) mass is 512 g/mol. The third-order valence-corrected chi connectivity index (χ3v) is 5.91. The van der Waals surface area contributed by atoms with Crippen molar-refractivity contribution in [2.24, 2.45) is 0 Å². The third kappa shape index (κ3) is 4.51. The first-order chi connectivity index (χ1) is 16.2. The standard InChI is InChI=1S/C22H17Cl2F3N4O3/c1-11-16(10-31(30(11)2)17-6-4-3-5-15(17)25)28-21(32)19-18(24)20(34-29-19)13-8-7-12(9-14(13)23)33-22(26)27/h3-9,22H,10H2,1-2H3,(H,28,32). The molecule has 3 aromatic rings. The van der Waals surface area contributed by atoms with Gasteiger partial charge in [-0.15, -0.1) is 0 Å². The molecular formula is C22H17Cl2F3N4O3. The zero-order valence-corrected chi connectivity index (χ0v) is 19.3. The molecule has 0 aliphatic carbocycles. The Labute approximate surface area is 202 Å². The maximum absolute atomic E-state index is 14.3. The molecule has 1 N–H and O–H groups in total. The molecule has 0 bridgehead atoms. The Balaban J connectivity index is 1.54. The number of aromatic nitrogens is 1. The molecule has 0 atom stereocenters. The average Bonchev–Trinajstić information content (AvgIpc) is 3.29. The van der Waals surface area contributed by atoms with Gasteiger partial charge in [0, 0.05) is 12.6 Å². The van der Waals surface area contributed by atoms with E-state index in [1.807, 2.05) is 0 Å². The molecule has 0 saturated carbocycles. The van der Waals surface area contributed by atoms with Crippen LogP contribution < -0.4 is 15.1 Å². The zero-order chi connectivity index (χ0) is 24.6. The summed E-state index contributed by atoms with van der Waals surface area (Å²) in [6.45, 7) is -1.03. The van der Waals surface area contributed by atoms with Crippen LogP contribution in [0.5, 0.6) is 5.75 Å². The van der Waals surface area contributed by atoms with Crippen molar-refractivity contribution >= 4 is 34.8 Å². The Morgan fingerprint density at radius 3 is 2.65 bits per heavy atom. The van der Waals surface area contributed by atoms with Crippen molar-refractivity contribution in [1.29, 1.82) is 0 Å². The van der Waals surface area contributed by atoms with Crippen molar-refractivity contribution in [3.05, 3.63) is 75.4 Å². The molecule has 178 valence electrons. The van der Waals surface area contributed by atoms with E-state index in [1.54, 1.807) is 42.2 Å². The first kappa shape index (κ1) is 23.8. The highest BCUT2D eigenvalue weighted by atomic mass is 35.5. The van der Waals surface area contributed by atoms with Gasteiger partial charge in [-0.25, -0.2) is 4.39 Å². The Kier molecular flexibility index (Phi) is 6.63. The molecule has 1 amide bonds. The van der Waals surface area contributed by atoms with Gasteiger partial charge in [-0.3, -0.25) is 14.8 Å². The molecule has 4 rings (SSSR count). The normalized spacial score (nSPS) is 13.8. The highest BCUT2D eigenvalue weighted by Crippen LogP contribution is 2.37. The highest BCUT2D eigenvalue weighted by molar-refractivity contribution is 6.37. The number of hydrazine groups is 1. The number of nitrogens with zero attached hydrogens (tertiary/aromatic N) is 3. The van der Waals surface area contributed by atoms with Crippen LogP contribution in [0.2, 0.25) is 10.0 Å². The van der Waals surface area contributed by atoms with E-state index in [9.17, 15) is 18.0 Å². The molecule has 1 aliphatic rings. The average molecular weight is 513 g/mol. The van der Waals surface area contributed by atoms with Crippen LogP contribution in [-0.2, 0) is 0 Å². The second-order valence-corrected chi connectivity index (χ2v) is 8.03. The number of nitrogens with one attached hydrogen (secondary N) is 1. The minimum atomic E-state index is -3.01. The van der Waals surface area contributed by atoms with Crippen molar-refractivity contribution in [1.82, 2.24) is 15.5 Å². The molecule has 7 nitrogen and oxygen atoms in total. The topological polar surface area (TPSA) is 70.8 Å². The minimum Gasteiger partial charge on any atom is -0.435 e. The fourth-order valence-corrected chi connectivity index (χ4v) is 3.94. The summed E-state index contributed by atoms with van der Waals surface area (Å²) in [5, 5.41) is 9.76. The van der Waals surface area contributed by atoms with E-state index in [2.05, 4.69) is 15.2 Å². The maximum atomic E-state index is 14.3. The van der Waals surface area contributed by atoms with E-state index in [4.69, 9.17) is 27.7 Å². The van der Waals surface area contributed by atoms with Crippen LogP contribution in [0.1, 0.15) is 17.4 Å². The molecule has 0 saturated heterocycles. The van der Waals surface area contributed by atoms with Crippen LogP contribution in [0.25, 0.3) is 11.3 Å². The number of ether oxygens (including phenoxy) is 1. The van der Waals surface area contributed by atoms with Gasteiger partial charge in [0.15, 0.2) is 11.5 Å². The largest absolute Gasteiger partial charge is 0.435 e. The number of rotatable bonds is 6. The van der Waals surface area contributed by atoms with E-state index < -0.39 is 18.3 Å². The number of benzene rings is 2. The highest BCUT2D eigenvalue weighted by Gasteiger charge is 2.30. The van der Waals surface area contributed by atoms with E-state index in [0.29, 0.717) is 17.1 Å². The van der Waals surface area contributed by atoms with Crippen LogP contribution in [0, 0.1) is 5.82 Å². The lowest BCUT2D eigenvalue weighted by molar-refractivity contribution is -0.0498. The number of amides is 1. The summed E-state index contributed by atoms with van der Waals surface area (Å²) in [7, 11) is 1.74. The number of hydrogen-bond donors (Lipinski definition) is 1. The Morgan fingerprint density at radius 1 is 1.24 bits per heavy atom. The van der Waals surface area contributed by atoms with Crippen LogP contribution in [0.15, 0.2) is 58.4 Å². The second-order valence-electron chi connectivity index (χ2n) is 7.25. The van der Waals surface area contributed by atoms with Gasteiger partial charge in [0.1, 0.15) is 16.6 Å². The molecule has 12 heteroatoms. The summed E-state index contributed by atoms with van der Waals surface area (Å²) < 4.78 is 48.6. The maximum Gasteiger partial charge on any atom is 0.387 e. The van der Waals surface area contributed by atoms with Gasteiger partial charge in [-0.2, -0.15) is 8.78 Å². The summed E-state index contributed by atoms with van der Waals surface area (Å²) in [5.74, 6) is -1.21. The van der Waals surface area contributed by atoms with E-state index >= 15 is 0 Å². The van der Waals surface area contributed by atoms with E-state index in [0.717, 1.165) is 0 Å². The summed E-state index contributed by atoms with van der Waals surface area (Å²) in [6, 6.07) is 10.1. The molecular weight excluding hydrogens is 496 g/mol. The van der Waals surface area contributed by atoms with Gasteiger partial charge < -0.3 is 14.6 Å². The number of para-hydroxylation sites is 1. The minimum absolute atomic E-state index is 0.0114. The van der Waals surface area contributed by atoms with E-state index in [1.165, 1.54) is 24.3 Å². The van der Waals surface area contributed by atoms with Crippen LogP contribution >= 0.6 is 23.2 Å². The first-order valence-corrected chi connectivity index (χ1v) is 10.6. The molecule has 2 heterocycles. The molecule has 0 fully saturated rings. The number of carbonyl (C=O) groups is 1. The fourth-order valence-electron chi connectivity index (χ4n) is 3.42. The molecule has 1 aliphatic heterocycles. The Hall–Kier alpha value is -3.37.